The van der Waals surface area contributed by atoms with Gasteiger partial charge in [-0.1, -0.05) is 18.2 Å². The highest BCUT2D eigenvalue weighted by atomic mass is 127. The van der Waals surface area contributed by atoms with Gasteiger partial charge in [-0.05, 0) is 37.8 Å². The lowest BCUT2D eigenvalue weighted by molar-refractivity contribution is 0.0963. The molecule has 2 N–H and O–H groups in total. The van der Waals surface area contributed by atoms with E-state index in [9.17, 15) is 13.2 Å². The van der Waals surface area contributed by atoms with E-state index in [0.29, 0.717) is 32.2 Å². The number of nitrogens with zero attached hydrogens (tertiary/aromatic N) is 3. The van der Waals surface area contributed by atoms with Crippen molar-refractivity contribution in [2.45, 2.75) is 32.2 Å². The number of nitrogens with one attached hydrogen (secondary N) is 2. The minimum Gasteiger partial charge on any atom is -0.450 e. The number of carbonyl (C=O) groups is 1. The van der Waals surface area contributed by atoms with Crippen LogP contribution in [-0.2, 0) is 21.2 Å². The van der Waals surface area contributed by atoms with Crippen molar-refractivity contribution in [2.24, 2.45) is 4.99 Å². The number of benzene rings is 1. The highest BCUT2D eigenvalue weighted by molar-refractivity contribution is 14.0. The lowest BCUT2D eigenvalue weighted by Crippen LogP contribution is -2.50. The minimum absolute atomic E-state index is 0. The Labute approximate surface area is 201 Å². The molecule has 0 saturated carbocycles. The molecule has 1 aromatic carbocycles. The molecule has 0 unspecified atom stereocenters. The molecule has 1 amide bonds. The zero-order valence-corrected chi connectivity index (χ0v) is 21.2. The maximum absolute atomic E-state index is 12.8. The maximum Gasteiger partial charge on any atom is 0.409 e. The van der Waals surface area contributed by atoms with Gasteiger partial charge in [0, 0.05) is 39.3 Å². The first-order valence-corrected chi connectivity index (χ1v) is 12.0. The Hall–Kier alpha value is -1.76. The predicted octanol–water partition coefficient (Wildman–Crippen LogP) is 1.78. The highest BCUT2D eigenvalue weighted by Gasteiger charge is 2.29. The Bertz CT molecular complexity index is 872. The topological polar surface area (TPSA) is 103 Å². The average molecular weight is 565 g/mol. The number of anilines is 1. The van der Waals surface area contributed by atoms with Crippen LogP contribution in [0.4, 0.5) is 10.5 Å². The van der Waals surface area contributed by atoms with Gasteiger partial charge in [-0.15, -0.1) is 24.0 Å². The smallest absolute Gasteiger partial charge is 0.409 e. The Balaban J connectivity index is 0.00000341. The van der Waals surface area contributed by atoms with Gasteiger partial charge in [0.2, 0.25) is 10.0 Å². The van der Waals surface area contributed by atoms with Gasteiger partial charge in [-0.25, -0.2) is 13.2 Å². The fourth-order valence-corrected chi connectivity index (χ4v) is 5.24. The Morgan fingerprint density at radius 1 is 1.23 bits per heavy atom. The summed E-state index contributed by atoms with van der Waals surface area (Å²) in [6, 6.07) is 7.80. The van der Waals surface area contributed by atoms with E-state index in [0.717, 1.165) is 30.5 Å². The third-order valence-electron chi connectivity index (χ3n) is 5.42. The molecule has 0 aliphatic carbocycles. The number of para-hydroxylation sites is 1. The third-order valence-corrected chi connectivity index (χ3v) is 7.19. The summed E-state index contributed by atoms with van der Waals surface area (Å²) >= 11 is 0. The molecule has 11 heteroatoms. The van der Waals surface area contributed by atoms with Crippen LogP contribution in [0.15, 0.2) is 29.3 Å². The van der Waals surface area contributed by atoms with Gasteiger partial charge >= 0.3 is 6.09 Å². The van der Waals surface area contributed by atoms with Gasteiger partial charge in [0.25, 0.3) is 0 Å². The maximum atomic E-state index is 12.8. The van der Waals surface area contributed by atoms with Crippen molar-refractivity contribution in [3.63, 3.8) is 0 Å². The number of likely N-dealkylation sites (tertiary alicyclic amines) is 1. The van der Waals surface area contributed by atoms with Crippen LogP contribution in [0.5, 0.6) is 0 Å². The summed E-state index contributed by atoms with van der Waals surface area (Å²) in [5.74, 6) is 0.560. The van der Waals surface area contributed by atoms with Crippen molar-refractivity contribution in [1.29, 1.82) is 0 Å². The van der Waals surface area contributed by atoms with E-state index in [1.165, 1.54) is 4.31 Å². The lowest BCUT2D eigenvalue weighted by Gasteiger charge is -2.32. The second-order valence-corrected chi connectivity index (χ2v) is 9.38. The van der Waals surface area contributed by atoms with Crippen LogP contribution in [0.3, 0.4) is 0 Å². The van der Waals surface area contributed by atoms with Gasteiger partial charge in [0.05, 0.1) is 18.0 Å². The van der Waals surface area contributed by atoms with Gasteiger partial charge in [0.1, 0.15) is 0 Å². The zero-order chi connectivity index (χ0) is 21.6. The molecule has 0 spiro atoms. The van der Waals surface area contributed by atoms with Gasteiger partial charge < -0.3 is 20.3 Å². The first kappa shape index (κ1) is 25.5. The number of hydrogen-bond donors (Lipinski definition) is 2. The number of aliphatic imine (C=N–C) groups is 1. The summed E-state index contributed by atoms with van der Waals surface area (Å²) in [5.41, 5.74) is 1.86. The van der Waals surface area contributed by atoms with Crippen LogP contribution in [0.1, 0.15) is 25.3 Å². The number of carbonyl (C=O) groups excluding carboxylic acids is 1. The second kappa shape index (κ2) is 11.7. The third kappa shape index (κ3) is 6.61. The summed E-state index contributed by atoms with van der Waals surface area (Å²) < 4.78 is 32.1. The van der Waals surface area contributed by atoms with Crippen molar-refractivity contribution in [3.8, 4) is 0 Å². The number of sulfonamides is 1. The molecule has 3 rings (SSSR count). The molecule has 0 radical (unpaired) electrons. The van der Waals surface area contributed by atoms with E-state index in [1.54, 1.807) is 18.9 Å². The summed E-state index contributed by atoms with van der Waals surface area (Å²) in [5, 5.41) is 6.42. The van der Waals surface area contributed by atoms with Crippen molar-refractivity contribution in [2.75, 3.05) is 49.9 Å². The molecule has 31 heavy (non-hydrogen) atoms. The molecule has 9 nitrogen and oxygen atoms in total. The highest BCUT2D eigenvalue weighted by Crippen LogP contribution is 2.29. The molecule has 2 heterocycles. The van der Waals surface area contributed by atoms with E-state index in [-0.39, 0.29) is 48.4 Å². The SMILES string of the molecule is CCOC(=O)N1CCC(NC(=NC)NCCS(=O)(=O)N2CCc3ccccc32)CC1.I. The summed E-state index contributed by atoms with van der Waals surface area (Å²) in [7, 11) is -1.74. The normalized spacial score (nSPS) is 17.0. The van der Waals surface area contributed by atoms with Crippen LogP contribution in [0.25, 0.3) is 0 Å². The number of ether oxygens (including phenoxy) is 1. The molecule has 1 aromatic rings. The first-order chi connectivity index (χ1) is 14.4. The molecule has 1 saturated heterocycles. The molecule has 2 aliphatic heterocycles. The molecular formula is C20H32IN5O4S. The molecule has 2 aliphatic rings. The van der Waals surface area contributed by atoms with Crippen LogP contribution in [-0.4, -0.2) is 77.0 Å². The monoisotopic (exact) mass is 565 g/mol. The Kier molecular flexibility index (Phi) is 9.66. The number of piperidine rings is 1. The number of fused-ring (bicyclic) bond motifs is 1. The Morgan fingerprint density at radius 3 is 2.61 bits per heavy atom. The van der Waals surface area contributed by atoms with E-state index >= 15 is 0 Å². The quantitative estimate of drug-likeness (QED) is 0.310. The van der Waals surface area contributed by atoms with Gasteiger partial charge in [0.15, 0.2) is 5.96 Å². The molecule has 1 fully saturated rings. The summed E-state index contributed by atoms with van der Waals surface area (Å²) in [6.45, 7) is 4.17. The second-order valence-electron chi connectivity index (χ2n) is 7.37. The average Bonchev–Trinajstić information content (AvgIpc) is 3.19. The number of guanidine groups is 1. The molecular weight excluding hydrogens is 533 g/mol. The number of amides is 1. The van der Waals surface area contributed by atoms with Crippen molar-refractivity contribution >= 4 is 51.7 Å². The van der Waals surface area contributed by atoms with Crippen LogP contribution in [0, 0.1) is 0 Å². The first-order valence-electron chi connectivity index (χ1n) is 10.4. The van der Waals surface area contributed by atoms with Crippen LogP contribution < -0.4 is 14.9 Å². The van der Waals surface area contributed by atoms with E-state index in [2.05, 4.69) is 15.6 Å². The van der Waals surface area contributed by atoms with Crippen molar-refractivity contribution < 1.29 is 17.9 Å². The molecule has 174 valence electrons. The van der Waals surface area contributed by atoms with Gasteiger partial charge in [-0.2, -0.15) is 0 Å². The standard InChI is InChI=1S/C20H31N5O4S.HI/c1-3-29-20(26)24-12-9-17(10-13-24)23-19(21-2)22-11-15-30(27,28)25-14-8-16-6-4-5-7-18(16)25;/h4-7,17H,3,8-15H2,1-2H3,(H2,21,22,23);1H. The minimum atomic E-state index is -3.40. The number of rotatable bonds is 6. The molecule has 0 atom stereocenters. The Morgan fingerprint density at radius 2 is 1.94 bits per heavy atom. The van der Waals surface area contributed by atoms with E-state index in [1.807, 2.05) is 24.3 Å². The summed E-state index contributed by atoms with van der Waals surface area (Å²) in [6.07, 6.45) is 2.04. The van der Waals surface area contributed by atoms with Crippen LogP contribution >= 0.6 is 24.0 Å². The van der Waals surface area contributed by atoms with Gasteiger partial charge in [-0.3, -0.25) is 9.30 Å². The van der Waals surface area contributed by atoms with Crippen LogP contribution in [0.2, 0.25) is 0 Å². The van der Waals surface area contributed by atoms with Crippen molar-refractivity contribution in [1.82, 2.24) is 15.5 Å². The lowest BCUT2D eigenvalue weighted by atomic mass is 10.1. The largest absolute Gasteiger partial charge is 0.450 e. The van der Waals surface area contributed by atoms with E-state index in [4.69, 9.17) is 4.74 Å². The predicted molar refractivity (Wildman–Crippen MR) is 133 cm³/mol. The fourth-order valence-electron chi connectivity index (χ4n) is 3.81. The number of halogens is 1. The van der Waals surface area contributed by atoms with Crippen molar-refractivity contribution in [3.05, 3.63) is 29.8 Å². The molecule has 0 aromatic heterocycles. The summed E-state index contributed by atoms with van der Waals surface area (Å²) in [4.78, 5) is 17.7. The number of hydrogen-bond acceptors (Lipinski definition) is 5. The van der Waals surface area contributed by atoms with E-state index < -0.39 is 10.0 Å². The molecule has 0 bridgehead atoms. The fraction of sp³-hybridized carbons (Fsp3) is 0.600. The zero-order valence-electron chi connectivity index (χ0n) is 18.0.